The number of unbranched alkanes of at least 4 members (excludes halogenated alkanes) is 2. The molecule has 0 amide bonds. The minimum Gasteiger partial charge on any atom is -0.374 e. The van der Waals surface area contributed by atoms with Crippen LogP contribution in [0, 0.1) is 5.41 Å². The van der Waals surface area contributed by atoms with Crippen LogP contribution in [0.2, 0.25) is 0 Å². The van der Waals surface area contributed by atoms with E-state index in [4.69, 9.17) is 10.6 Å². The molecule has 1 aliphatic carbocycles. The van der Waals surface area contributed by atoms with Crippen LogP contribution in [0.5, 0.6) is 0 Å². The Morgan fingerprint density at radius 2 is 1.74 bits per heavy atom. The van der Waals surface area contributed by atoms with Crippen molar-refractivity contribution < 1.29 is 4.74 Å². The second kappa shape index (κ2) is 7.61. The number of rotatable bonds is 8. The molecule has 0 aromatic carbocycles. The van der Waals surface area contributed by atoms with Crippen molar-refractivity contribution in [3.05, 3.63) is 0 Å². The maximum absolute atomic E-state index is 6.20. The van der Waals surface area contributed by atoms with Crippen LogP contribution in [0.25, 0.3) is 0 Å². The molecule has 0 radical (unpaired) electrons. The van der Waals surface area contributed by atoms with Crippen LogP contribution in [0.4, 0.5) is 0 Å². The summed E-state index contributed by atoms with van der Waals surface area (Å²) in [6.45, 7) is 9.86. The topological polar surface area (TPSA) is 47.3 Å². The third-order valence-corrected chi connectivity index (χ3v) is 4.81. The van der Waals surface area contributed by atoms with Gasteiger partial charge in [-0.2, -0.15) is 0 Å². The van der Waals surface area contributed by atoms with Crippen molar-refractivity contribution in [1.82, 2.24) is 5.43 Å². The minimum atomic E-state index is -0.0350. The molecular formula is C16H34N2O. The van der Waals surface area contributed by atoms with Gasteiger partial charge in [-0.05, 0) is 44.4 Å². The monoisotopic (exact) mass is 270 g/mol. The molecule has 1 unspecified atom stereocenters. The Bertz CT molecular complexity index is 243. The van der Waals surface area contributed by atoms with Crippen molar-refractivity contribution in [3.8, 4) is 0 Å². The van der Waals surface area contributed by atoms with Gasteiger partial charge in [0, 0.05) is 6.61 Å². The molecule has 0 aromatic heterocycles. The first-order valence-corrected chi connectivity index (χ1v) is 8.10. The quantitative estimate of drug-likeness (QED) is 0.401. The van der Waals surface area contributed by atoms with Crippen LogP contribution in [-0.2, 0) is 4.74 Å². The molecule has 1 atom stereocenters. The van der Waals surface area contributed by atoms with Crippen LogP contribution >= 0.6 is 0 Å². The van der Waals surface area contributed by atoms with Gasteiger partial charge in [0.05, 0.1) is 11.6 Å². The number of hydrogen-bond acceptors (Lipinski definition) is 3. The SMILES string of the molecule is CCCCCC(NN)C1(OCC)CCC(C)(C)CC1. The molecule has 19 heavy (non-hydrogen) atoms. The second-order valence-electron chi connectivity index (χ2n) is 6.88. The average Bonchev–Trinajstić information content (AvgIpc) is 2.38. The summed E-state index contributed by atoms with van der Waals surface area (Å²) in [4.78, 5) is 0. The van der Waals surface area contributed by atoms with Crippen LogP contribution in [-0.4, -0.2) is 18.2 Å². The smallest absolute Gasteiger partial charge is 0.0848 e. The van der Waals surface area contributed by atoms with Crippen LogP contribution in [0.15, 0.2) is 0 Å². The van der Waals surface area contributed by atoms with Gasteiger partial charge < -0.3 is 4.74 Å². The summed E-state index contributed by atoms with van der Waals surface area (Å²) in [6, 6.07) is 0.301. The highest BCUT2D eigenvalue weighted by Gasteiger charge is 2.44. The number of ether oxygens (including phenoxy) is 1. The van der Waals surface area contributed by atoms with E-state index in [1.807, 2.05) is 0 Å². The number of nitrogens with one attached hydrogen (secondary N) is 1. The Balaban J connectivity index is 2.68. The maximum Gasteiger partial charge on any atom is 0.0848 e. The normalized spacial score (nSPS) is 23.2. The summed E-state index contributed by atoms with van der Waals surface area (Å²) in [7, 11) is 0. The third-order valence-electron chi connectivity index (χ3n) is 4.81. The van der Waals surface area contributed by atoms with E-state index in [0.717, 1.165) is 25.9 Å². The highest BCUT2D eigenvalue weighted by molar-refractivity contribution is 4.98. The molecule has 1 saturated carbocycles. The Morgan fingerprint density at radius 1 is 1.11 bits per heavy atom. The van der Waals surface area contributed by atoms with Gasteiger partial charge in [-0.3, -0.25) is 11.3 Å². The van der Waals surface area contributed by atoms with Gasteiger partial charge in [-0.25, -0.2) is 0 Å². The van der Waals surface area contributed by atoms with Crippen molar-refractivity contribution in [2.75, 3.05) is 6.61 Å². The number of hydrogen-bond donors (Lipinski definition) is 2. The van der Waals surface area contributed by atoms with Gasteiger partial charge in [-0.1, -0.05) is 40.0 Å². The van der Waals surface area contributed by atoms with E-state index in [-0.39, 0.29) is 5.60 Å². The highest BCUT2D eigenvalue weighted by atomic mass is 16.5. The van der Waals surface area contributed by atoms with Gasteiger partial charge >= 0.3 is 0 Å². The van der Waals surface area contributed by atoms with Gasteiger partial charge in [-0.15, -0.1) is 0 Å². The van der Waals surface area contributed by atoms with Crippen molar-refractivity contribution in [3.63, 3.8) is 0 Å². The van der Waals surface area contributed by atoms with Crippen molar-refractivity contribution in [1.29, 1.82) is 0 Å². The fourth-order valence-corrected chi connectivity index (χ4v) is 3.33. The third kappa shape index (κ3) is 4.73. The molecule has 1 rings (SSSR count). The number of hydrazine groups is 1. The van der Waals surface area contributed by atoms with E-state index in [2.05, 4.69) is 33.1 Å². The van der Waals surface area contributed by atoms with E-state index in [9.17, 15) is 0 Å². The largest absolute Gasteiger partial charge is 0.374 e. The molecule has 0 bridgehead atoms. The van der Waals surface area contributed by atoms with Crippen molar-refractivity contribution >= 4 is 0 Å². The summed E-state index contributed by atoms with van der Waals surface area (Å²) in [5.41, 5.74) is 3.49. The van der Waals surface area contributed by atoms with Gasteiger partial charge in [0.2, 0.25) is 0 Å². The molecule has 3 heteroatoms. The zero-order valence-electron chi connectivity index (χ0n) is 13.4. The number of nitrogens with two attached hydrogens (primary N) is 1. The Labute approximate surface area is 119 Å². The molecule has 114 valence electrons. The first kappa shape index (κ1) is 16.9. The molecule has 0 spiro atoms. The van der Waals surface area contributed by atoms with Gasteiger partial charge in [0.1, 0.15) is 0 Å². The lowest BCUT2D eigenvalue weighted by atomic mass is 9.68. The first-order valence-electron chi connectivity index (χ1n) is 8.10. The summed E-state index contributed by atoms with van der Waals surface area (Å²) in [5.74, 6) is 5.84. The summed E-state index contributed by atoms with van der Waals surface area (Å²) >= 11 is 0. The van der Waals surface area contributed by atoms with E-state index < -0.39 is 0 Å². The lowest BCUT2D eigenvalue weighted by molar-refractivity contribution is -0.108. The first-order chi connectivity index (χ1) is 8.99. The second-order valence-corrected chi connectivity index (χ2v) is 6.88. The van der Waals surface area contributed by atoms with E-state index in [0.29, 0.717) is 11.5 Å². The Hall–Kier alpha value is -0.120. The van der Waals surface area contributed by atoms with Gasteiger partial charge in [0.15, 0.2) is 0 Å². The Kier molecular flexibility index (Phi) is 6.78. The molecular weight excluding hydrogens is 236 g/mol. The minimum absolute atomic E-state index is 0.0350. The van der Waals surface area contributed by atoms with Gasteiger partial charge in [0.25, 0.3) is 0 Å². The summed E-state index contributed by atoms with van der Waals surface area (Å²) < 4.78 is 6.20. The Morgan fingerprint density at radius 3 is 2.21 bits per heavy atom. The lowest BCUT2D eigenvalue weighted by Crippen LogP contribution is -2.57. The van der Waals surface area contributed by atoms with Crippen LogP contribution in [0.1, 0.15) is 79.1 Å². The van der Waals surface area contributed by atoms with E-state index >= 15 is 0 Å². The molecule has 0 saturated heterocycles. The summed E-state index contributed by atoms with van der Waals surface area (Å²) in [6.07, 6.45) is 9.65. The molecule has 3 N–H and O–H groups in total. The molecule has 3 nitrogen and oxygen atoms in total. The predicted octanol–water partition coefficient (Wildman–Crippen LogP) is 3.77. The highest BCUT2D eigenvalue weighted by Crippen LogP contribution is 2.44. The zero-order chi connectivity index (χ0) is 14.4. The predicted molar refractivity (Wildman–Crippen MR) is 81.9 cm³/mol. The fourth-order valence-electron chi connectivity index (χ4n) is 3.33. The molecule has 1 aliphatic rings. The zero-order valence-corrected chi connectivity index (χ0v) is 13.4. The molecule has 0 aliphatic heterocycles. The van der Waals surface area contributed by atoms with Crippen LogP contribution in [0.3, 0.4) is 0 Å². The maximum atomic E-state index is 6.20. The lowest BCUT2D eigenvalue weighted by Gasteiger charge is -2.47. The molecule has 1 fully saturated rings. The van der Waals surface area contributed by atoms with E-state index in [1.165, 1.54) is 32.1 Å². The summed E-state index contributed by atoms with van der Waals surface area (Å²) in [5, 5.41) is 0. The van der Waals surface area contributed by atoms with E-state index in [1.54, 1.807) is 0 Å². The average molecular weight is 270 g/mol. The fraction of sp³-hybridized carbons (Fsp3) is 1.00. The van der Waals surface area contributed by atoms with Crippen LogP contribution < -0.4 is 11.3 Å². The molecule has 0 heterocycles. The van der Waals surface area contributed by atoms with Crippen molar-refractivity contribution in [2.45, 2.75) is 90.7 Å². The van der Waals surface area contributed by atoms with Crippen molar-refractivity contribution in [2.24, 2.45) is 11.3 Å². The standard InChI is InChI=1S/C16H34N2O/c1-5-7-8-9-14(18-17)16(19-6-2)12-10-15(3,4)11-13-16/h14,18H,5-13,17H2,1-4H3. The molecule has 0 aromatic rings.